The lowest BCUT2D eigenvalue weighted by atomic mass is 10.0. The van der Waals surface area contributed by atoms with Crippen LogP contribution < -0.4 is 4.74 Å². The summed E-state index contributed by atoms with van der Waals surface area (Å²) in [6.07, 6.45) is 1.79. The molecule has 1 heterocycles. The predicted octanol–water partition coefficient (Wildman–Crippen LogP) is 2.67. The van der Waals surface area contributed by atoms with E-state index in [2.05, 4.69) is 0 Å². The summed E-state index contributed by atoms with van der Waals surface area (Å²) < 4.78 is 10.8. The van der Waals surface area contributed by atoms with Crippen molar-refractivity contribution in [1.82, 2.24) is 0 Å². The average Bonchev–Trinajstić information content (AvgIpc) is 2.18. The quantitative estimate of drug-likeness (QED) is 0.655. The Morgan fingerprint density at radius 3 is 2.85 bits per heavy atom. The maximum atomic E-state index is 5.43. The van der Waals surface area contributed by atoms with Gasteiger partial charge in [0.25, 0.3) is 0 Å². The van der Waals surface area contributed by atoms with E-state index >= 15 is 0 Å². The number of hydrogen-bond donors (Lipinski definition) is 0. The third-order valence-corrected chi connectivity index (χ3v) is 2.22. The maximum Gasteiger partial charge on any atom is 0.132 e. The standard InChI is InChI=1S/C11H12O2/c1-8-7-13-10-6-4-3-5-9(10)11(8)12-2/h3-7,11H,1-2H3. The molecular weight excluding hydrogens is 164 g/mol. The van der Waals surface area contributed by atoms with Crippen molar-refractivity contribution in [3.63, 3.8) is 0 Å². The van der Waals surface area contributed by atoms with Gasteiger partial charge in [-0.15, -0.1) is 0 Å². The van der Waals surface area contributed by atoms with E-state index < -0.39 is 0 Å². The van der Waals surface area contributed by atoms with E-state index in [9.17, 15) is 0 Å². The highest BCUT2D eigenvalue weighted by molar-refractivity contribution is 5.41. The van der Waals surface area contributed by atoms with Gasteiger partial charge in [0, 0.05) is 12.7 Å². The summed E-state index contributed by atoms with van der Waals surface area (Å²) >= 11 is 0. The molecule has 68 valence electrons. The molecule has 0 amide bonds. The molecule has 1 aromatic carbocycles. The predicted molar refractivity (Wildman–Crippen MR) is 50.6 cm³/mol. The Balaban J connectivity index is 2.46. The first-order valence-electron chi connectivity index (χ1n) is 4.28. The van der Waals surface area contributed by atoms with Crippen LogP contribution in [0.2, 0.25) is 0 Å². The second-order valence-electron chi connectivity index (χ2n) is 3.13. The van der Waals surface area contributed by atoms with Crippen molar-refractivity contribution in [3.8, 4) is 5.75 Å². The van der Waals surface area contributed by atoms with Gasteiger partial charge >= 0.3 is 0 Å². The Hall–Kier alpha value is -1.28. The van der Waals surface area contributed by atoms with Crippen molar-refractivity contribution >= 4 is 0 Å². The molecule has 1 unspecified atom stereocenters. The van der Waals surface area contributed by atoms with Gasteiger partial charge in [0.2, 0.25) is 0 Å². The van der Waals surface area contributed by atoms with Gasteiger partial charge in [-0.3, -0.25) is 0 Å². The van der Waals surface area contributed by atoms with Gasteiger partial charge in [0.15, 0.2) is 0 Å². The number of rotatable bonds is 1. The molecule has 2 heteroatoms. The monoisotopic (exact) mass is 176 g/mol. The Kier molecular flexibility index (Phi) is 2.07. The average molecular weight is 176 g/mol. The van der Waals surface area contributed by atoms with Gasteiger partial charge in [-0.25, -0.2) is 0 Å². The van der Waals surface area contributed by atoms with Crippen molar-refractivity contribution in [2.45, 2.75) is 13.0 Å². The first-order chi connectivity index (χ1) is 6.33. The lowest BCUT2D eigenvalue weighted by Crippen LogP contribution is -2.10. The van der Waals surface area contributed by atoms with Crippen molar-refractivity contribution in [2.75, 3.05) is 7.11 Å². The zero-order valence-electron chi connectivity index (χ0n) is 7.78. The molecule has 1 aromatic rings. The van der Waals surface area contributed by atoms with Crippen LogP contribution in [0.3, 0.4) is 0 Å². The first-order valence-corrected chi connectivity index (χ1v) is 4.28. The molecule has 1 aliphatic rings. The third kappa shape index (κ3) is 1.33. The van der Waals surface area contributed by atoms with E-state index in [-0.39, 0.29) is 6.10 Å². The van der Waals surface area contributed by atoms with E-state index in [1.165, 1.54) is 0 Å². The molecule has 0 saturated heterocycles. The summed E-state index contributed by atoms with van der Waals surface area (Å²) in [5, 5.41) is 0. The molecular formula is C11H12O2. The molecule has 0 aliphatic carbocycles. The summed E-state index contributed by atoms with van der Waals surface area (Å²) in [5.41, 5.74) is 2.20. The SMILES string of the molecule is COC1C(C)=COc2ccccc21. The molecule has 0 fully saturated rings. The second kappa shape index (κ2) is 3.23. The van der Waals surface area contributed by atoms with Gasteiger partial charge in [0.1, 0.15) is 11.9 Å². The Labute approximate surface area is 77.8 Å². The Morgan fingerprint density at radius 1 is 1.31 bits per heavy atom. The fraction of sp³-hybridized carbons (Fsp3) is 0.273. The van der Waals surface area contributed by atoms with Crippen molar-refractivity contribution in [2.24, 2.45) is 0 Å². The highest BCUT2D eigenvalue weighted by Gasteiger charge is 2.20. The van der Waals surface area contributed by atoms with E-state index in [0.29, 0.717) is 0 Å². The van der Waals surface area contributed by atoms with Gasteiger partial charge in [-0.2, -0.15) is 0 Å². The molecule has 2 nitrogen and oxygen atoms in total. The number of ether oxygens (including phenoxy) is 2. The van der Waals surface area contributed by atoms with E-state index in [1.807, 2.05) is 31.2 Å². The summed E-state index contributed by atoms with van der Waals surface area (Å²) in [4.78, 5) is 0. The highest BCUT2D eigenvalue weighted by atomic mass is 16.5. The van der Waals surface area contributed by atoms with Gasteiger partial charge in [-0.1, -0.05) is 18.2 Å². The van der Waals surface area contributed by atoms with Crippen LogP contribution >= 0.6 is 0 Å². The molecule has 1 atom stereocenters. The molecule has 2 rings (SSSR count). The minimum Gasteiger partial charge on any atom is -0.465 e. The molecule has 0 radical (unpaired) electrons. The lowest BCUT2D eigenvalue weighted by molar-refractivity contribution is 0.123. The summed E-state index contributed by atoms with van der Waals surface area (Å²) in [7, 11) is 1.71. The zero-order valence-corrected chi connectivity index (χ0v) is 7.78. The largest absolute Gasteiger partial charge is 0.465 e. The number of hydrogen-bond acceptors (Lipinski definition) is 2. The van der Waals surface area contributed by atoms with E-state index in [4.69, 9.17) is 9.47 Å². The zero-order chi connectivity index (χ0) is 9.26. The van der Waals surface area contributed by atoms with Crippen LogP contribution in [-0.2, 0) is 4.74 Å². The number of benzene rings is 1. The Morgan fingerprint density at radius 2 is 2.08 bits per heavy atom. The maximum absolute atomic E-state index is 5.43. The Bertz CT molecular complexity index is 342. The molecule has 13 heavy (non-hydrogen) atoms. The molecule has 0 aromatic heterocycles. The topological polar surface area (TPSA) is 18.5 Å². The van der Waals surface area contributed by atoms with E-state index in [1.54, 1.807) is 13.4 Å². The van der Waals surface area contributed by atoms with Gasteiger partial charge < -0.3 is 9.47 Å². The van der Waals surface area contributed by atoms with Crippen LogP contribution in [0.1, 0.15) is 18.6 Å². The number of fused-ring (bicyclic) bond motifs is 1. The summed E-state index contributed by atoms with van der Waals surface area (Å²) in [6, 6.07) is 7.93. The minimum absolute atomic E-state index is 0.0462. The highest BCUT2D eigenvalue weighted by Crippen LogP contribution is 2.35. The van der Waals surface area contributed by atoms with Crippen LogP contribution in [0.25, 0.3) is 0 Å². The second-order valence-corrected chi connectivity index (χ2v) is 3.13. The first kappa shape index (κ1) is 8.32. The fourth-order valence-electron chi connectivity index (χ4n) is 1.58. The smallest absolute Gasteiger partial charge is 0.132 e. The van der Waals surface area contributed by atoms with Crippen LogP contribution in [0.5, 0.6) is 5.75 Å². The molecule has 0 N–H and O–H groups in total. The van der Waals surface area contributed by atoms with Gasteiger partial charge in [-0.05, 0) is 18.6 Å². The van der Waals surface area contributed by atoms with Crippen molar-refractivity contribution < 1.29 is 9.47 Å². The van der Waals surface area contributed by atoms with Crippen LogP contribution in [-0.4, -0.2) is 7.11 Å². The molecule has 0 spiro atoms. The number of para-hydroxylation sites is 1. The lowest BCUT2D eigenvalue weighted by Gasteiger charge is -2.23. The minimum atomic E-state index is 0.0462. The fourth-order valence-corrected chi connectivity index (χ4v) is 1.58. The van der Waals surface area contributed by atoms with Crippen LogP contribution in [0.4, 0.5) is 0 Å². The summed E-state index contributed by atoms with van der Waals surface area (Å²) in [5.74, 6) is 0.889. The molecule has 1 aliphatic heterocycles. The van der Waals surface area contributed by atoms with Gasteiger partial charge in [0.05, 0.1) is 6.26 Å². The third-order valence-electron chi connectivity index (χ3n) is 2.22. The van der Waals surface area contributed by atoms with Crippen LogP contribution in [0.15, 0.2) is 36.1 Å². The normalized spacial score (nSPS) is 20.2. The summed E-state index contributed by atoms with van der Waals surface area (Å²) in [6.45, 7) is 2.00. The van der Waals surface area contributed by atoms with Crippen molar-refractivity contribution in [3.05, 3.63) is 41.7 Å². The molecule has 0 saturated carbocycles. The molecule has 0 bridgehead atoms. The number of methoxy groups -OCH3 is 1. The van der Waals surface area contributed by atoms with Crippen LogP contribution in [0, 0.1) is 0 Å². The van der Waals surface area contributed by atoms with Crippen molar-refractivity contribution in [1.29, 1.82) is 0 Å². The van der Waals surface area contributed by atoms with E-state index in [0.717, 1.165) is 16.9 Å².